The molecule has 0 bridgehead atoms. The molecule has 1 aromatic rings. The number of halogens is 1. The molecule has 78 valence electrons. The van der Waals surface area contributed by atoms with Crippen LogP contribution in [0.3, 0.4) is 0 Å². The largest absolute Gasteiger partial charge is 0.505 e. The molecule has 0 aliphatic carbocycles. The minimum Gasteiger partial charge on any atom is -0.505 e. The van der Waals surface area contributed by atoms with Crippen molar-refractivity contribution in [2.24, 2.45) is 5.73 Å². The summed E-state index contributed by atoms with van der Waals surface area (Å²) in [5, 5.41) is 18.3. The Labute approximate surface area is 87.3 Å². The number of hydrogen-bond donors (Lipinski definition) is 2. The molecule has 0 radical (unpaired) electrons. The topological polar surface area (TPSA) is 70.0 Å². The first-order chi connectivity index (χ1) is 7.11. The van der Waals surface area contributed by atoms with E-state index in [4.69, 9.17) is 11.0 Å². The highest BCUT2D eigenvalue weighted by molar-refractivity contribution is 5.48. The Morgan fingerprint density at radius 3 is 2.87 bits per heavy atom. The van der Waals surface area contributed by atoms with Crippen molar-refractivity contribution >= 4 is 0 Å². The third kappa shape index (κ3) is 2.14. The lowest BCUT2D eigenvalue weighted by molar-refractivity contribution is 0.420. The van der Waals surface area contributed by atoms with Gasteiger partial charge in [-0.15, -0.1) is 6.58 Å². The van der Waals surface area contributed by atoms with Crippen molar-refractivity contribution in [1.29, 1.82) is 5.26 Å². The molecule has 0 fully saturated rings. The SMILES string of the molecule is C=CC[C@H](N)c1c(C#N)ccc(F)c1O. The highest BCUT2D eigenvalue weighted by Gasteiger charge is 2.17. The minimum absolute atomic E-state index is 0.136. The number of hydrogen-bond acceptors (Lipinski definition) is 3. The van der Waals surface area contributed by atoms with Gasteiger partial charge in [0.1, 0.15) is 0 Å². The highest BCUT2D eigenvalue weighted by atomic mass is 19.1. The van der Waals surface area contributed by atoms with Crippen LogP contribution in [-0.2, 0) is 0 Å². The highest BCUT2D eigenvalue weighted by Crippen LogP contribution is 2.30. The monoisotopic (exact) mass is 206 g/mol. The van der Waals surface area contributed by atoms with Crippen molar-refractivity contribution in [2.45, 2.75) is 12.5 Å². The van der Waals surface area contributed by atoms with Crippen LogP contribution in [0.15, 0.2) is 24.8 Å². The minimum atomic E-state index is -0.775. The maximum atomic E-state index is 13.1. The molecular weight excluding hydrogens is 195 g/mol. The van der Waals surface area contributed by atoms with E-state index in [-0.39, 0.29) is 11.1 Å². The van der Waals surface area contributed by atoms with E-state index in [0.717, 1.165) is 6.07 Å². The number of nitriles is 1. The van der Waals surface area contributed by atoms with E-state index < -0.39 is 17.6 Å². The number of rotatable bonds is 3. The molecule has 0 spiro atoms. The van der Waals surface area contributed by atoms with Gasteiger partial charge < -0.3 is 10.8 Å². The van der Waals surface area contributed by atoms with Crippen LogP contribution in [0.1, 0.15) is 23.6 Å². The van der Waals surface area contributed by atoms with E-state index in [1.165, 1.54) is 6.07 Å². The third-order valence-electron chi connectivity index (χ3n) is 2.08. The van der Waals surface area contributed by atoms with Crippen molar-refractivity contribution in [3.8, 4) is 11.8 Å². The fraction of sp³-hybridized carbons (Fsp3) is 0.182. The number of phenolic OH excluding ortho intramolecular Hbond substituents is 1. The molecular formula is C11H11FN2O. The Balaban J connectivity index is 3.30. The van der Waals surface area contributed by atoms with Crippen LogP contribution in [0.4, 0.5) is 4.39 Å². The maximum absolute atomic E-state index is 13.1. The van der Waals surface area contributed by atoms with E-state index >= 15 is 0 Å². The van der Waals surface area contributed by atoms with Gasteiger partial charge in [0.15, 0.2) is 11.6 Å². The summed E-state index contributed by atoms with van der Waals surface area (Å²) in [5.74, 6) is -1.33. The second-order valence-corrected chi connectivity index (χ2v) is 3.10. The molecule has 0 aromatic heterocycles. The molecule has 0 aliphatic heterocycles. The number of benzene rings is 1. The van der Waals surface area contributed by atoms with Crippen molar-refractivity contribution in [3.05, 3.63) is 41.7 Å². The summed E-state index contributed by atoms with van der Waals surface area (Å²) >= 11 is 0. The first-order valence-electron chi connectivity index (χ1n) is 4.39. The zero-order valence-corrected chi connectivity index (χ0v) is 8.07. The fourth-order valence-corrected chi connectivity index (χ4v) is 1.35. The van der Waals surface area contributed by atoms with Crippen LogP contribution < -0.4 is 5.73 Å². The summed E-state index contributed by atoms with van der Waals surface area (Å²) < 4.78 is 13.1. The van der Waals surface area contributed by atoms with Gasteiger partial charge in [0, 0.05) is 11.6 Å². The van der Waals surface area contributed by atoms with Crippen LogP contribution in [0.5, 0.6) is 5.75 Å². The van der Waals surface area contributed by atoms with Gasteiger partial charge in [-0.05, 0) is 18.6 Å². The second-order valence-electron chi connectivity index (χ2n) is 3.10. The van der Waals surface area contributed by atoms with Crippen molar-refractivity contribution < 1.29 is 9.50 Å². The molecule has 1 aromatic carbocycles. The zero-order chi connectivity index (χ0) is 11.4. The molecule has 0 amide bonds. The third-order valence-corrected chi connectivity index (χ3v) is 2.08. The molecule has 3 nitrogen and oxygen atoms in total. The molecule has 0 saturated heterocycles. The van der Waals surface area contributed by atoms with Crippen LogP contribution in [-0.4, -0.2) is 5.11 Å². The predicted octanol–water partition coefficient (Wildman–Crippen LogP) is 1.98. The Morgan fingerprint density at radius 1 is 1.67 bits per heavy atom. The average Bonchev–Trinajstić information content (AvgIpc) is 2.22. The van der Waals surface area contributed by atoms with E-state index in [2.05, 4.69) is 6.58 Å². The molecule has 0 aliphatic rings. The summed E-state index contributed by atoms with van der Waals surface area (Å²) in [6, 6.07) is 3.58. The smallest absolute Gasteiger partial charge is 0.165 e. The summed E-state index contributed by atoms with van der Waals surface area (Å²) in [7, 11) is 0. The maximum Gasteiger partial charge on any atom is 0.165 e. The first kappa shape index (κ1) is 11.2. The van der Waals surface area contributed by atoms with Crippen LogP contribution in [0.2, 0.25) is 0 Å². The molecule has 4 heteroatoms. The van der Waals surface area contributed by atoms with Crippen LogP contribution >= 0.6 is 0 Å². The van der Waals surface area contributed by atoms with Crippen LogP contribution in [0.25, 0.3) is 0 Å². The fourth-order valence-electron chi connectivity index (χ4n) is 1.35. The van der Waals surface area contributed by atoms with Gasteiger partial charge in [0.2, 0.25) is 0 Å². The van der Waals surface area contributed by atoms with Crippen LogP contribution in [0, 0.1) is 17.1 Å². The molecule has 0 unspecified atom stereocenters. The first-order valence-corrected chi connectivity index (χ1v) is 4.39. The van der Waals surface area contributed by atoms with Gasteiger partial charge in [0.25, 0.3) is 0 Å². The van der Waals surface area contributed by atoms with Gasteiger partial charge >= 0.3 is 0 Å². The van der Waals surface area contributed by atoms with E-state index in [0.29, 0.717) is 6.42 Å². The number of phenols is 1. The van der Waals surface area contributed by atoms with E-state index in [1.807, 2.05) is 6.07 Å². The molecule has 0 heterocycles. The molecule has 15 heavy (non-hydrogen) atoms. The standard InChI is InChI=1S/C11H11FN2O/c1-2-3-9(14)10-7(6-13)4-5-8(12)11(10)15/h2,4-5,9,15H,1,3,14H2/t9-/m0/s1. The van der Waals surface area contributed by atoms with Gasteiger partial charge in [-0.25, -0.2) is 4.39 Å². The van der Waals surface area contributed by atoms with Gasteiger partial charge in [-0.1, -0.05) is 6.08 Å². The quantitative estimate of drug-likeness (QED) is 0.743. The molecule has 3 N–H and O–H groups in total. The lowest BCUT2D eigenvalue weighted by Gasteiger charge is -2.13. The number of nitrogens with two attached hydrogens (primary N) is 1. The van der Waals surface area contributed by atoms with E-state index in [1.54, 1.807) is 6.08 Å². The predicted molar refractivity (Wildman–Crippen MR) is 54.5 cm³/mol. The lowest BCUT2D eigenvalue weighted by atomic mass is 9.98. The molecule has 0 saturated carbocycles. The summed E-state index contributed by atoms with van der Waals surface area (Å²) in [4.78, 5) is 0. The molecule has 1 atom stereocenters. The van der Waals surface area contributed by atoms with Gasteiger partial charge in [-0.2, -0.15) is 5.26 Å². The number of aromatic hydroxyl groups is 1. The molecule has 1 rings (SSSR count). The number of nitrogens with zero attached hydrogens (tertiary/aromatic N) is 1. The van der Waals surface area contributed by atoms with Gasteiger partial charge in [-0.3, -0.25) is 0 Å². The summed E-state index contributed by atoms with van der Waals surface area (Å²) in [6.45, 7) is 3.50. The zero-order valence-electron chi connectivity index (χ0n) is 8.07. The van der Waals surface area contributed by atoms with Gasteiger partial charge in [0.05, 0.1) is 11.6 Å². The van der Waals surface area contributed by atoms with Crippen molar-refractivity contribution in [2.75, 3.05) is 0 Å². The normalized spacial score (nSPS) is 11.8. The summed E-state index contributed by atoms with van der Waals surface area (Å²) in [5.41, 5.74) is 6.02. The Kier molecular flexibility index (Phi) is 3.42. The second kappa shape index (κ2) is 4.58. The summed E-state index contributed by atoms with van der Waals surface area (Å²) in [6.07, 6.45) is 1.92. The Hall–Kier alpha value is -1.86. The van der Waals surface area contributed by atoms with Crippen molar-refractivity contribution in [1.82, 2.24) is 0 Å². The average molecular weight is 206 g/mol. The Bertz CT molecular complexity index is 423. The lowest BCUT2D eigenvalue weighted by Crippen LogP contribution is -2.11. The Morgan fingerprint density at radius 2 is 2.33 bits per heavy atom. The van der Waals surface area contributed by atoms with E-state index in [9.17, 15) is 9.50 Å². The van der Waals surface area contributed by atoms with Crippen molar-refractivity contribution in [3.63, 3.8) is 0 Å².